The standard InChI is InChI=1S/C17H30N2O8S/c1-24-7-9-26-5-3-18-13-14-11-15(20)17(21)16(12-14)28(22,23)19-4-6-27-10-8-25-2/h11-12,18-21H,3-10,13H2,1-2H3. The van der Waals surface area contributed by atoms with Gasteiger partial charge in [-0.2, -0.15) is 0 Å². The molecule has 0 saturated carbocycles. The van der Waals surface area contributed by atoms with Gasteiger partial charge in [-0.1, -0.05) is 0 Å². The van der Waals surface area contributed by atoms with Gasteiger partial charge in [-0.3, -0.25) is 0 Å². The third kappa shape index (κ3) is 9.15. The summed E-state index contributed by atoms with van der Waals surface area (Å²) in [4.78, 5) is -0.391. The Bertz CT molecular complexity index is 669. The summed E-state index contributed by atoms with van der Waals surface area (Å²) in [6.07, 6.45) is 0. The van der Waals surface area contributed by atoms with Gasteiger partial charge in [-0.15, -0.1) is 0 Å². The third-order valence-corrected chi connectivity index (χ3v) is 5.03. The third-order valence-electron chi connectivity index (χ3n) is 3.56. The quantitative estimate of drug-likeness (QED) is 0.211. The predicted molar refractivity (Wildman–Crippen MR) is 102 cm³/mol. The van der Waals surface area contributed by atoms with Crippen molar-refractivity contribution >= 4 is 10.0 Å². The lowest BCUT2D eigenvalue weighted by Gasteiger charge is -2.12. The van der Waals surface area contributed by atoms with Crippen LogP contribution in [0.1, 0.15) is 5.56 Å². The molecule has 0 unspecified atom stereocenters. The minimum absolute atomic E-state index is 0.0214. The Morgan fingerprint density at radius 2 is 1.50 bits per heavy atom. The minimum Gasteiger partial charge on any atom is -0.504 e. The van der Waals surface area contributed by atoms with Crippen molar-refractivity contribution < 1.29 is 37.6 Å². The molecule has 0 aliphatic rings. The van der Waals surface area contributed by atoms with Crippen LogP contribution in [0.4, 0.5) is 0 Å². The number of aromatic hydroxyl groups is 2. The van der Waals surface area contributed by atoms with Crippen LogP contribution in [0.3, 0.4) is 0 Å². The number of rotatable bonds is 16. The first-order valence-corrected chi connectivity index (χ1v) is 10.3. The number of hydrogen-bond donors (Lipinski definition) is 4. The fourth-order valence-electron chi connectivity index (χ4n) is 2.15. The minimum atomic E-state index is -4.01. The highest BCUT2D eigenvalue weighted by atomic mass is 32.2. The zero-order chi connectivity index (χ0) is 20.8. The van der Waals surface area contributed by atoms with Gasteiger partial charge in [-0.25, -0.2) is 13.1 Å². The Hall–Kier alpha value is -1.47. The fraction of sp³-hybridized carbons (Fsp3) is 0.647. The summed E-state index contributed by atoms with van der Waals surface area (Å²) in [5, 5.41) is 22.9. The molecule has 0 saturated heterocycles. The van der Waals surface area contributed by atoms with E-state index in [1.54, 1.807) is 7.11 Å². The number of phenols is 2. The normalized spacial score (nSPS) is 11.8. The van der Waals surface area contributed by atoms with Gasteiger partial charge < -0.3 is 34.5 Å². The Kier molecular flexibility index (Phi) is 12.0. The fourth-order valence-corrected chi connectivity index (χ4v) is 3.32. The molecule has 28 heavy (non-hydrogen) atoms. The van der Waals surface area contributed by atoms with Crippen molar-refractivity contribution in [3.8, 4) is 11.5 Å². The van der Waals surface area contributed by atoms with Crippen LogP contribution in [-0.2, 0) is 35.5 Å². The van der Waals surface area contributed by atoms with Gasteiger partial charge in [0.1, 0.15) is 4.90 Å². The SMILES string of the molecule is COCCOCCNCc1cc(O)c(O)c(S(=O)(=O)NCCOCCOC)c1. The summed E-state index contributed by atoms with van der Waals surface area (Å²) in [6, 6.07) is 2.61. The smallest absolute Gasteiger partial charge is 0.244 e. The van der Waals surface area contributed by atoms with Crippen LogP contribution in [0.25, 0.3) is 0 Å². The first kappa shape index (κ1) is 24.6. The molecule has 0 atom stereocenters. The molecule has 0 aliphatic heterocycles. The summed E-state index contributed by atoms with van der Waals surface area (Å²) >= 11 is 0. The molecule has 10 nitrogen and oxygen atoms in total. The highest BCUT2D eigenvalue weighted by molar-refractivity contribution is 7.89. The van der Waals surface area contributed by atoms with Gasteiger partial charge in [0, 0.05) is 33.9 Å². The number of phenolic OH excluding ortho intramolecular Hbond substituents is 2. The molecule has 0 spiro atoms. The van der Waals surface area contributed by atoms with Crippen LogP contribution >= 0.6 is 0 Å². The van der Waals surface area contributed by atoms with Crippen molar-refractivity contribution in [3.63, 3.8) is 0 Å². The van der Waals surface area contributed by atoms with Gasteiger partial charge in [0.2, 0.25) is 10.0 Å². The lowest BCUT2D eigenvalue weighted by atomic mass is 10.2. The van der Waals surface area contributed by atoms with Crippen molar-refractivity contribution in [1.82, 2.24) is 10.0 Å². The molecule has 1 aromatic carbocycles. The van der Waals surface area contributed by atoms with Crippen molar-refractivity contribution in [1.29, 1.82) is 0 Å². The van der Waals surface area contributed by atoms with Crippen LogP contribution in [0.2, 0.25) is 0 Å². The van der Waals surface area contributed by atoms with Crippen LogP contribution in [0.15, 0.2) is 17.0 Å². The van der Waals surface area contributed by atoms with Gasteiger partial charge >= 0.3 is 0 Å². The number of hydrogen-bond acceptors (Lipinski definition) is 9. The van der Waals surface area contributed by atoms with E-state index in [1.165, 1.54) is 19.2 Å². The first-order valence-electron chi connectivity index (χ1n) is 8.81. The zero-order valence-corrected chi connectivity index (χ0v) is 17.1. The van der Waals surface area contributed by atoms with Crippen molar-refractivity contribution in [3.05, 3.63) is 17.7 Å². The number of benzene rings is 1. The molecule has 0 fully saturated rings. The topological polar surface area (TPSA) is 136 Å². The molecule has 162 valence electrons. The van der Waals surface area contributed by atoms with E-state index in [0.717, 1.165) is 0 Å². The van der Waals surface area contributed by atoms with Crippen LogP contribution in [0, 0.1) is 0 Å². The van der Waals surface area contributed by atoms with E-state index < -0.39 is 26.4 Å². The lowest BCUT2D eigenvalue weighted by molar-refractivity contribution is 0.0719. The van der Waals surface area contributed by atoms with E-state index in [2.05, 4.69) is 10.0 Å². The van der Waals surface area contributed by atoms with Crippen LogP contribution in [-0.4, -0.2) is 85.6 Å². The van der Waals surface area contributed by atoms with E-state index in [-0.39, 0.29) is 13.2 Å². The summed E-state index contributed by atoms with van der Waals surface area (Å²) < 4.78 is 47.3. The van der Waals surface area contributed by atoms with Gasteiger partial charge in [0.05, 0.1) is 39.6 Å². The first-order chi connectivity index (χ1) is 13.4. The Balaban J connectivity index is 2.58. The van der Waals surface area contributed by atoms with Gasteiger partial charge in [-0.05, 0) is 17.7 Å². The second-order valence-electron chi connectivity index (χ2n) is 5.75. The van der Waals surface area contributed by atoms with E-state index in [4.69, 9.17) is 18.9 Å². The van der Waals surface area contributed by atoms with E-state index >= 15 is 0 Å². The molecule has 0 heterocycles. The molecule has 1 aromatic rings. The summed E-state index contributed by atoms with van der Waals surface area (Å²) in [7, 11) is -0.881. The van der Waals surface area contributed by atoms with E-state index in [1.807, 2.05) is 0 Å². The molecule has 11 heteroatoms. The van der Waals surface area contributed by atoms with Crippen LogP contribution in [0.5, 0.6) is 11.5 Å². The van der Waals surface area contributed by atoms with Crippen LogP contribution < -0.4 is 10.0 Å². The summed E-state index contributed by atoms with van der Waals surface area (Å²) in [5.74, 6) is -1.20. The van der Waals surface area contributed by atoms with Crippen molar-refractivity contribution in [2.75, 3.05) is 67.0 Å². The second kappa shape index (κ2) is 13.7. The largest absolute Gasteiger partial charge is 0.504 e. The molecule has 0 radical (unpaired) electrons. The number of methoxy groups -OCH3 is 2. The number of sulfonamides is 1. The molecule has 0 bridgehead atoms. The van der Waals surface area contributed by atoms with E-state index in [9.17, 15) is 18.6 Å². The Morgan fingerprint density at radius 1 is 0.893 bits per heavy atom. The zero-order valence-electron chi connectivity index (χ0n) is 16.3. The maximum Gasteiger partial charge on any atom is 0.244 e. The second-order valence-corrected chi connectivity index (χ2v) is 7.48. The molecular formula is C17H30N2O8S. The molecule has 0 aromatic heterocycles. The summed E-state index contributed by atoms with van der Waals surface area (Å²) in [5.41, 5.74) is 0.504. The summed E-state index contributed by atoms with van der Waals surface area (Å²) in [6.45, 7) is 3.22. The molecule has 0 amide bonds. The van der Waals surface area contributed by atoms with Crippen molar-refractivity contribution in [2.24, 2.45) is 0 Å². The number of ether oxygens (including phenoxy) is 4. The highest BCUT2D eigenvalue weighted by Gasteiger charge is 2.22. The predicted octanol–water partition coefficient (Wildman–Crippen LogP) is -0.208. The molecule has 0 aliphatic carbocycles. The maximum atomic E-state index is 12.4. The molecule has 4 N–H and O–H groups in total. The molecular weight excluding hydrogens is 392 g/mol. The van der Waals surface area contributed by atoms with E-state index in [0.29, 0.717) is 51.7 Å². The Morgan fingerprint density at radius 3 is 2.11 bits per heavy atom. The average Bonchev–Trinajstić information content (AvgIpc) is 2.66. The highest BCUT2D eigenvalue weighted by Crippen LogP contribution is 2.33. The molecule has 1 rings (SSSR count). The average molecular weight is 423 g/mol. The maximum absolute atomic E-state index is 12.4. The van der Waals surface area contributed by atoms with Crippen molar-refractivity contribution in [2.45, 2.75) is 11.4 Å². The monoisotopic (exact) mass is 422 g/mol. The van der Waals surface area contributed by atoms with Gasteiger partial charge in [0.15, 0.2) is 11.5 Å². The number of nitrogens with one attached hydrogen (secondary N) is 2. The van der Waals surface area contributed by atoms with Gasteiger partial charge in [0.25, 0.3) is 0 Å². The Labute approximate surface area is 165 Å². The lowest BCUT2D eigenvalue weighted by Crippen LogP contribution is -2.28.